The number of hydrogen-bond donors (Lipinski definition) is 2. The molecule has 6 nitrogen and oxygen atoms in total. The number of rotatable bonds is 5. The minimum atomic E-state index is -3.22. The lowest BCUT2D eigenvalue weighted by atomic mass is 10.1. The van der Waals surface area contributed by atoms with Gasteiger partial charge in [-0.05, 0) is 55.9 Å². The molecule has 0 saturated carbocycles. The van der Waals surface area contributed by atoms with Gasteiger partial charge in [0.2, 0.25) is 10.0 Å². The van der Waals surface area contributed by atoms with Crippen LogP contribution in [-0.2, 0) is 10.0 Å². The van der Waals surface area contributed by atoms with E-state index in [0.717, 1.165) is 18.4 Å². The van der Waals surface area contributed by atoms with E-state index in [1.807, 2.05) is 13.0 Å². The SMILES string of the molecule is Cc1cc(NC(=O)NCCC(C)C)ccc1N1CCCCS1(=O)=O. The van der Waals surface area contributed by atoms with Crippen molar-refractivity contribution < 1.29 is 13.2 Å². The zero-order chi connectivity index (χ0) is 17.7. The summed E-state index contributed by atoms with van der Waals surface area (Å²) < 4.78 is 25.9. The second-order valence-electron chi connectivity index (χ2n) is 6.66. The molecule has 2 rings (SSSR count). The molecule has 1 aromatic carbocycles. The number of nitrogens with zero attached hydrogens (tertiary/aromatic N) is 1. The molecule has 134 valence electrons. The largest absolute Gasteiger partial charge is 0.338 e. The van der Waals surface area contributed by atoms with E-state index in [9.17, 15) is 13.2 Å². The van der Waals surface area contributed by atoms with Crippen LogP contribution in [-0.4, -0.2) is 33.3 Å². The average molecular weight is 353 g/mol. The molecule has 0 aliphatic carbocycles. The van der Waals surface area contributed by atoms with E-state index in [4.69, 9.17) is 0 Å². The first-order valence-corrected chi connectivity index (χ1v) is 10.1. The predicted molar refractivity (Wildman–Crippen MR) is 98.0 cm³/mol. The molecule has 0 aromatic heterocycles. The van der Waals surface area contributed by atoms with Gasteiger partial charge in [-0.3, -0.25) is 4.31 Å². The van der Waals surface area contributed by atoms with Gasteiger partial charge in [-0.15, -0.1) is 0 Å². The number of carbonyl (C=O) groups excluding carboxylic acids is 1. The summed E-state index contributed by atoms with van der Waals surface area (Å²) in [5.41, 5.74) is 2.19. The topological polar surface area (TPSA) is 78.5 Å². The van der Waals surface area contributed by atoms with Gasteiger partial charge < -0.3 is 10.6 Å². The molecule has 2 N–H and O–H groups in total. The number of hydrogen-bond acceptors (Lipinski definition) is 3. The molecule has 1 aliphatic rings. The Kier molecular flexibility index (Phi) is 6.10. The first-order chi connectivity index (χ1) is 11.3. The van der Waals surface area contributed by atoms with Gasteiger partial charge in [0.25, 0.3) is 0 Å². The fraction of sp³-hybridized carbons (Fsp3) is 0.588. The third-order valence-corrected chi connectivity index (χ3v) is 5.94. The van der Waals surface area contributed by atoms with Crippen LogP contribution in [0.15, 0.2) is 18.2 Å². The first-order valence-electron chi connectivity index (χ1n) is 8.45. The zero-order valence-electron chi connectivity index (χ0n) is 14.6. The number of benzene rings is 1. The van der Waals surface area contributed by atoms with E-state index in [1.165, 1.54) is 4.31 Å². The quantitative estimate of drug-likeness (QED) is 0.854. The van der Waals surface area contributed by atoms with Crippen LogP contribution in [0.25, 0.3) is 0 Å². The van der Waals surface area contributed by atoms with E-state index < -0.39 is 10.0 Å². The second-order valence-corrected chi connectivity index (χ2v) is 8.67. The van der Waals surface area contributed by atoms with Gasteiger partial charge in [0.15, 0.2) is 0 Å². The minimum absolute atomic E-state index is 0.199. The lowest BCUT2D eigenvalue weighted by Crippen LogP contribution is -2.38. The van der Waals surface area contributed by atoms with Crippen molar-refractivity contribution in [3.05, 3.63) is 23.8 Å². The summed E-state index contributed by atoms with van der Waals surface area (Å²) in [6, 6.07) is 5.08. The molecule has 0 spiro atoms. The fourth-order valence-corrected chi connectivity index (χ4v) is 4.42. The standard InChI is InChI=1S/C17H27N3O3S/c1-13(2)8-9-18-17(21)19-15-6-7-16(14(3)12-15)20-10-4-5-11-24(20,22)23/h6-7,12-13H,4-5,8-11H2,1-3H3,(H2,18,19,21). The second kappa shape index (κ2) is 7.88. The van der Waals surface area contributed by atoms with Crippen molar-refractivity contribution >= 4 is 27.4 Å². The maximum atomic E-state index is 12.2. The average Bonchev–Trinajstić information content (AvgIpc) is 2.47. The highest BCUT2D eigenvalue weighted by Crippen LogP contribution is 2.28. The molecule has 0 radical (unpaired) electrons. The first kappa shape index (κ1) is 18.6. The molecule has 0 bridgehead atoms. The monoisotopic (exact) mass is 353 g/mol. The van der Waals surface area contributed by atoms with Gasteiger partial charge in [0.05, 0.1) is 11.4 Å². The Morgan fingerprint density at radius 3 is 2.67 bits per heavy atom. The van der Waals surface area contributed by atoms with Crippen molar-refractivity contribution in [2.24, 2.45) is 5.92 Å². The highest BCUT2D eigenvalue weighted by molar-refractivity contribution is 7.92. The smallest absolute Gasteiger partial charge is 0.319 e. The van der Waals surface area contributed by atoms with Crippen molar-refractivity contribution in [2.75, 3.05) is 28.5 Å². The van der Waals surface area contributed by atoms with Crippen LogP contribution in [0.5, 0.6) is 0 Å². The van der Waals surface area contributed by atoms with Crippen molar-refractivity contribution in [3.8, 4) is 0 Å². The molecule has 1 heterocycles. The number of sulfonamides is 1. The molecule has 1 fully saturated rings. The summed E-state index contributed by atoms with van der Waals surface area (Å²) in [7, 11) is -3.22. The summed E-state index contributed by atoms with van der Waals surface area (Å²) in [5.74, 6) is 0.739. The van der Waals surface area contributed by atoms with Gasteiger partial charge in [-0.2, -0.15) is 0 Å². The van der Waals surface area contributed by atoms with Gasteiger partial charge >= 0.3 is 6.03 Å². The zero-order valence-corrected chi connectivity index (χ0v) is 15.4. The number of aryl methyl sites for hydroxylation is 1. The Labute approximate surface area is 144 Å². The Morgan fingerprint density at radius 2 is 2.04 bits per heavy atom. The number of carbonyl (C=O) groups is 1. The molecular formula is C17H27N3O3S. The fourth-order valence-electron chi connectivity index (χ4n) is 2.72. The van der Waals surface area contributed by atoms with Gasteiger partial charge in [0.1, 0.15) is 0 Å². The molecular weight excluding hydrogens is 326 g/mol. The van der Waals surface area contributed by atoms with Crippen molar-refractivity contribution in [1.82, 2.24) is 5.32 Å². The molecule has 1 aliphatic heterocycles. The lowest BCUT2D eigenvalue weighted by molar-refractivity contribution is 0.251. The van der Waals surface area contributed by atoms with E-state index in [1.54, 1.807) is 12.1 Å². The Hall–Kier alpha value is -1.76. The summed E-state index contributed by atoms with van der Waals surface area (Å²) in [4.78, 5) is 11.9. The molecule has 7 heteroatoms. The highest BCUT2D eigenvalue weighted by Gasteiger charge is 2.27. The Bertz CT molecular complexity index is 686. The highest BCUT2D eigenvalue weighted by atomic mass is 32.2. The van der Waals surface area contributed by atoms with Crippen LogP contribution >= 0.6 is 0 Å². The minimum Gasteiger partial charge on any atom is -0.338 e. The number of anilines is 2. The van der Waals surface area contributed by atoms with E-state index in [-0.39, 0.29) is 11.8 Å². The molecule has 2 amide bonds. The van der Waals surface area contributed by atoms with E-state index in [0.29, 0.717) is 36.8 Å². The van der Waals surface area contributed by atoms with Crippen LogP contribution in [0.2, 0.25) is 0 Å². The molecule has 1 aromatic rings. The summed E-state index contributed by atoms with van der Waals surface area (Å²) in [5, 5.41) is 5.61. The Balaban J connectivity index is 2.03. The summed E-state index contributed by atoms with van der Waals surface area (Å²) in [6.45, 7) is 7.23. The maximum Gasteiger partial charge on any atom is 0.319 e. The lowest BCUT2D eigenvalue weighted by Gasteiger charge is -2.29. The van der Waals surface area contributed by atoms with E-state index in [2.05, 4.69) is 24.5 Å². The molecule has 1 saturated heterocycles. The molecule has 0 unspecified atom stereocenters. The van der Waals surface area contributed by atoms with Crippen LogP contribution in [0.3, 0.4) is 0 Å². The third-order valence-electron chi connectivity index (χ3n) is 4.08. The summed E-state index contributed by atoms with van der Waals surface area (Å²) in [6.07, 6.45) is 2.52. The van der Waals surface area contributed by atoms with Gasteiger partial charge in [-0.1, -0.05) is 13.8 Å². The molecule has 24 heavy (non-hydrogen) atoms. The van der Waals surface area contributed by atoms with Crippen LogP contribution in [0.1, 0.15) is 38.7 Å². The third kappa shape index (κ3) is 4.87. The Morgan fingerprint density at radius 1 is 1.29 bits per heavy atom. The number of amides is 2. The molecule has 0 atom stereocenters. The van der Waals surface area contributed by atoms with Crippen molar-refractivity contribution in [2.45, 2.75) is 40.0 Å². The van der Waals surface area contributed by atoms with Gasteiger partial charge in [-0.25, -0.2) is 13.2 Å². The number of urea groups is 1. The van der Waals surface area contributed by atoms with Crippen LogP contribution in [0, 0.1) is 12.8 Å². The van der Waals surface area contributed by atoms with Crippen molar-refractivity contribution in [1.29, 1.82) is 0 Å². The maximum absolute atomic E-state index is 12.2. The van der Waals surface area contributed by atoms with Crippen molar-refractivity contribution in [3.63, 3.8) is 0 Å². The van der Waals surface area contributed by atoms with Crippen LogP contribution < -0.4 is 14.9 Å². The van der Waals surface area contributed by atoms with Gasteiger partial charge in [0, 0.05) is 18.8 Å². The normalized spacial score (nSPS) is 16.9. The summed E-state index contributed by atoms with van der Waals surface area (Å²) >= 11 is 0. The number of nitrogens with one attached hydrogen (secondary N) is 2. The van der Waals surface area contributed by atoms with E-state index >= 15 is 0 Å². The van der Waals surface area contributed by atoms with Crippen LogP contribution in [0.4, 0.5) is 16.2 Å². The predicted octanol–water partition coefficient (Wildman–Crippen LogP) is 3.09.